The van der Waals surface area contributed by atoms with Gasteiger partial charge in [-0.25, -0.2) is 9.46 Å². The fourth-order valence-corrected chi connectivity index (χ4v) is 3.25. The molecule has 10 heteroatoms. The van der Waals surface area contributed by atoms with Gasteiger partial charge in [-0.3, -0.25) is 0 Å². The maximum absolute atomic E-state index is 12.3. The number of nitrogens with one attached hydrogen (secondary N) is 1. The summed E-state index contributed by atoms with van der Waals surface area (Å²) in [7, 11) is -3.74. The van der Waals surface area contributed by atoms with Crippen LogP contribution in [0, 0.1) is 13.8 Å². The van der Waals surface area contributed by atoms with Crippen molar-refractivity contribution in [3.05, 3.63) is 65.0 Å². The molecule has 0 aliphatic heterocycles. The minimum atomic E-state index is -3.74. The van der Waals surface area contributed by atoms with Gasteiger partial charge < -0.3 is 9.47 Å². The van der Waals surface area contributed by atoms with Gasteiger partial charge in [-0.15, -0.1) is 0 Å². The molecule has 30 heavy (non-hydrogen) atoms. The molecule has 9 nitrogen and oxygen atoms in total. The molecule has 0 saturated carbocycles. The average molecular weight is 430 g/mol. The summed E-state index contributed by atoms with van der Waals surface area (Å²) in [5.74, 6) is 1.01. The highest BCUT2D eigenvalue weighted by Gasteiger charge is 2.13. The molecule has 1 heterocycles. The highest BCUT2D eigenvalue weighted by atomic mass is 32.2. The van der Waals surface area contributed by atoms with Crippen molar-refractivity contribution in [1.82, 2.24) is 15.1 Å². The Balaban J connectivity index is 1.70. The molecule has 0 fully saturated rings. The SMILES string of the molecule is CCOc1cc(/C=N/NS(=O)(=O)c2ccc(C)cc2)ccc1OCc1nonc1C. The molecule has 158 valence electrons. The summed E-state index contributed by atoms with van der Waals surface area (Å²) in [4.78, 5) is 2.34. The van der Waals surface area contributed by atoms with Crippen LogP contribution >= 0.6 is 0 Å². The number of benzene rings is 2. The van der Waals surface area contributed by atoms with Gasteiger partial charge in [0.05, 0.1) is 17.7 Å². The maximum Gasteiger partial charge on any atom is 0.276 e. The lowest BCUT2D eigenvalue weighted by Gasteiger charge is -2.11. The Morgan fingerprint density at radius 2 is 1.83 bits per heavy atom. The van der Waals surface area contributed by atoms with Gasteiger partial charge in [-0.1, -0.05) is 28.0 Å². The van der Waals surface area contributed by atoms with E-state index in [1.54, 1.807) is 37.3 Å². The standard InChI is InChI=1S/C20H22N4O5S/c1-4-27-20-11-16(7-10-19(20)28-13-18-15(3)22-29-23-18)12-21-24-30(25,26)17-8-5-14(2)6-9-17/h5-12,24H,4,13H2,1-3H3/b21-12+. The van der Waals surface area contributed by atoms with Crippen LogP contribution in [0.4, 0.5) is 0 Å². The molecule has 2 aromatic carbocycles. The lowest BCUT2D eigenvalue weighted by molar-refractivity contribution is 0.253. The number of hydrazone groups is 1. The molecule has 3 aromatic rings. The lowest BCUT2D eigenvalue weighted by atomic mass is 10.2. The van der Waals surface area contributed by atoms with Crippen LogP contribution in [0.25, 0.3) is 0 Å². The number of aryl methyl sites for hydroxylation is 2. The summed E-state index contributed by atoms with van der Waals surface area (Å²) in [5.41, 5.74) is 2.85. The topological polar surface area (TPSA) is 116 Å². The summed E-state index contributed by atoms with van der Waals surface area (Å²) in [5, 5.41) is 11.3. The fourth-order valence-electron chi connectivity index (χ4n) is 2.46. The molecule has 0 unspecified atom stereocenters. The van der Waals surface area contributed by atoms with Crippen LogP contribution in [0.15, 0.2) is 57.1 Å². The van der Waals surface area contributed by atoms with Crippen LogP contribution in [0.1, 0.15) is 29.4 Å². The van der Waals surface area contributed by atoms with Gasteiger partial charge in [0.2, 0.25) is 0 Å². The third-order valence-corrected chi connectivity index (χ3v) is 5.33. The van der Waals surface area contributed by atoms with Crippen LogP contribution in [0.2, 0.25) is 0 Å². The van der Waals surface area contributed by atoms with Gasteiger partial charge in [-0.05, 0) is 56.7 Å². The quantitative estimate of drug-likeness (QED) is 0.410. The molecule has 0 aliphatic rings. The number of aromatic nitrogens is 2. The Hall–Kier alpha value is -3.40. The first-order valence-electron chi connectivity index (χ1n) is 9.18. The summed E-state index contributed by atoms with van der Waals surface area (Å²) in [6.07, 6.45) is 1.39. The van der Waals surface area contributed by atoms with Crippen molar-refractivity contribution in [1.29, 1.82) is 0 Å². The average Bonchev–Trinajstić information content (AvgIpc) is 3.12. The number of rotatable bonds is 9. The molecule has 1 aromatic heterocycles. The van der Waals surface area contributed by atoms with E-state index in [0.717, 1.165) is 5.56 Å². The Labute approximate surface area is 174 Å². The summed E-state index contributed by atoms with van der Waals surface area (Å²) >= 11 is 0. The molecule has 0 spiro atoms. The second-order valence-corrected chi connectivity index (χ2v) is 8.05. The van der Waals surface area contributed by atoms with Crippen molar-refractivity contribution in [3.63, 3.8) is 0 Å². The van der Waals surface area contributed by atoms with Crippen molar-refractivity contribution in [2.24, 2.45) is 5.10 Å². The highest BCUT2D eigenvalue weighted by molar-refractivity contribution is 7.89. The molecule has 3 rings (SSSR count). The minimum absolute atomic E-state index is 0.140. The van der Waals surface area contributed by atoms with Gasteiger partial charge >= 0.3 is 0 Å². The largest absolute Gasteiger partial charge is 0.490 e. The predicted octanol–water partition coefficient (Wildman–Crippen LogP) is 2.98. The van der Waals surface area contributed by atoms with Crippen LogP contribution in [-0.2, 0) is 16.6 Å². The van der Waals surface area contributed by atoms with Crippen molar-refractivity contribution < 1.29 is 22.5 Å². The highest BCUT2D eigenvalue weighted by Crippen LogP contribution is 2.29. The smallest absolute Gasteiger partial charge is 0.276 e. The molecule has 0 radical (unpaired) electrons. The van der Waals surface area contributed by atoms with Crippen LogP contribution in [0.5, 0.6) is 11.5 Å². The zero-order chi connectivity index (χ0) is 21.6. The zero-order valence-corrected chi connectivity index (χ0v) is 17.6. The summed E-state index contributed by atoms with van der Waals surface area (Å²) < 4.78 is 40.6. The first kappa shape index (κ1) is 21.3. The van der Waals surface area contributed by atoms with E-state index < -0.39 is 10.0 Å². The normalized spacial score (nSPS) is 11.6. The molecule has 1 N–H and O–H groups in total. The van der Waals surface area contributed by atoms with Crippen molar-refractivity contribution in [2.75, 3.05) is 6.61 Å². The Morgan fingerprint density at radius 3 is 2.50 bits per heavy atom. The first-order chi connectivity index (χ1) is 14.4. The van der Waals surface area contributed by atoms with Crippen LogP contribution in [-0.4, -0.2) is 31.6 Å². The van der Waals surface area contributed by atoms with E-state index >= 15 is 0 Å². The predicted molar refractivity (Wildman–Crippen MR) is 110 cm³/mol. The van der Waals surface area contributed by atoms with Crippen molar-refractivity contribution in [3.8, 4) is 11.5 Å². The van der Waals surface area contributed by atoms with Gasteiger partial charge in [0.15, 0.2) is 11.5 Å². The van der Waals surface area contributed by atoms with Crippen molar-refractivity contribution in [2.45, 2.75) is 32.3 Å². The number of nitrogens with zero attached hydrogens (tertiary/aromatic N) is 3. The molecule has 0 atom stereocenters. The Bertz CT molecular complexity index is 1120. The Kier molecular flexibility index (Phi) is 6.68. The van der Waals surface area contributed by atoms with E-state index in [1.807, 2.05) is 13.8 Å². The van der Waals surface area contributed by atoms with E-state index in [-0.39, 0.29) is 11.5 Å². The first-order valence-corrected chi connectivity index (χ1v) is 10.7. The molecule has 0 aliphatic carbocycles. The third kappa shape index (κ3) is 5.35. The molecule has 0 saturated heterocycles. The maximum atomic E-state index is 12.3. The van der Waals surface area contributed by atoms with E-state index in [1.165, 1.54) is 18.3 Å². The van der Waals surface area contributed by atoms with E-state index in [4.69, 9.17) is 9.47 Å². The number of sulfonamides is 1. The number of ether oxygens (including phenoxy) is 2. The number of hydrogen-bond acceptors (Lipinski definition) is 8. The second kappa shape index (κ2) is 9.40. The Morgan fingerprint density at radius 1 is 1.07 bits per heavy atom. The van der Waals surface area contributed by atoms with E-state index in [0.29, 0.717) is 35.1 Å². The third-order valence-electron chi connectivity index (χ3n) is 4.10. The molecular formula is C20H22N4O5S. The van der Waals surface area contributed by atoms with E-state index in [2.05, 4.69) is 24.9 Å². The van der Waals surface area contributed by atoms with Gasteiger partial charge in [-0.2, -0.15) is 13.5 Å². The second-order valence-electron chi connectivity index (χ2n) is 6.39. The molecular weight excluding hydrogens is 408 g/mol. The van der Waals surface area contributed by atoms with Crippen molar-refractivity contribution >= 4 is 16.2 Å². The fraction of sp³-hybridized carbons (Fsp3) is 0.250. The minimum Gasteiger partial charge on any atom is -0.490 e. The van der Waals surface area contributed by atoms with Crippen LogP contribution < -0.4 is 14.3 Å². The molecule has 0 amide bonds. The molecule has 0 bridgehead atoms. The van der Waals surface area contributed by atoms with Gasteiger partial charge in [0.25, 0.3) is 10.0 Å². The van der Waals surface area contributed by atoms with Gasteiger partial charge in [0, 0.05) is 0 Å². The summed E-state index contributed by atoms with van der Waals surface area (Å²) in [6, 6.07) is 11.6. The lowest BCUT2D eigenvalue weighted by Crippen LogP contribution is -2.18. The number of hydrogen-bond donors (Lipinski definition) is 1. The monoisotopic (exact) mass is 430 g/mol. The summed E-state index contributed by atoms with van der Waals surface area (Å²) in [6.45, 7) is 6.12. The van der Waals surface area contributed by atoms with Gasteiger partial charge in [0.1, 0.15) is 18.0 Å². The van der Waals surface area contributed by atoms with Crippen LogP contribution in [0.3, 0.4) is 0 Å². The van der Waals surface area contributed by atoms with E-state index in [9.17, 15) is 8.42 Å². The zero-order valence-electron chi connectivity index (χ0n) is 16.8.